The number of benzene rings is 3. The highest BCUT2D eigenvalue weighted by Gasteiger charge is 2.26. The summed E-state index contributed by atoms with van der Waals surface area (Å²) in [6.45, 7) is 3.54. The van der Waals surface area contributed by atoms with Crippen molar-refractivity contribution in [2.45, 2.75) is 18.7 Å². The lowest BCUT2D eigenvalue weighted by molar-refractivity contribution is 0.105. The van der Waals surface area contributed by atoms with Gasteiger partial charge in [0.25, 0.3) is 10.0 Å². The minimum atomic E-state index is -3.88. The lowest BCUT2D eigenvalue weighted by Gasteiger charge is -2.10. The highest BCUT2D eigenvalue weighted by molar-refractivity contribution is 7.90. The minimum absolute atomic E-state index is 0.173. The number of Topliss-reactive ketones (excluding diaryl/α,β-unsaturated/α-hetero) is 1. The molecule has 4 nitrogen and oxygen atoms in total. The molecule has 0 aliphatic carbocycles. The molecule has 1 aromatic heterocycles. The van der Waals surface area contributed by atoms with Gasteiger partial charge in [-0.25, -0.2) is 12.4 Å². The van der Waals surface area contributed by atoms with E-state index in [9.17, 15) is 13.2 Å². The second-order valence-electron chi connectivity index (χ2n) is 7.01. The molecule has 0 atom stereocenters. The molecule has 0 N–H and O–H groups in total. The number of carbonyl (C=O) groups excluding carboxylic acids is 1. The lowest BCUT2D eigenvalue weighted by atomic mass is 10.1. The van der Waals surface area contributed by atoms with Crippen LogP contribution in [0.5, 0.6) is 0 Å². The molecular weight excluding hydrogens is 394 g/mol. The molecule has 0 aliphatic rings. The van der Waals surface area contributed by atoms with Gasteiger partial charge in [0, 0.05) is 16.6 Å². The van der Waals surface area contributed by atoms with Gasteiger partial charge in [-0.15, -0.1) is 0 Å². The van der Waals surface area contributed by atoms with Gasteiger partial charge in [0.2, 0.25) is 5.78 Å². The zero-order valence-electron chi connectivity index (χ0n) is 16.6. The van der Waals surface area contributed by atoms with Gasteiger partial charge in [0.15, 0.2) is 0 Å². The van der Waals surface area contributed by atoms with Gasteiger partial charge in [-0.05, 0) is 50.1 Å². The quantitative estimate of drug-likeness (QED) is 0.360. The van der Waals surface area contributed by atoms with Gasteiger partial charge in [-0.3, -0.25) is 4.79 Å². The molecule has 1 heterocycles. The number of para-hydroxylation sites is 1. The van der Waals surface area contributed by atoms with E-state index in [1.54, 1.807) is 55.5 Å². The molecule has 148 valence electrons. The molecule has 0 bridgehead atoms. The third kappa shape index (κ3) is 3.42. The van der Waals surface area contributed by atoms with E-state index in [2.05, 4.69) is 11.8 Å². The van der Waals surface area contributed by atoms with Crippen molar-refractivity contribution in [3.63, 3.8) is 0 Å². The molecule has 0 radical (unpaired) electrons. The summed E-state index contributed by atoms with van der Waals surface area (Å²) < 4.78 is 28.1. The Morgan fingerprint density at radius 2 is 1.47 bits per heavy atom. The Kier molecular flexibility index (Phi) is 5.03. The summed E-state index contributed by atoms with van der Waals surface area (Å²) in [6.07, 6.45) is 0. The fourth-order valence-corrected chi connectivity index (χ4v) is 5.03. The summed E-state index contributed by atoms with van der Waals surface area (Å²) in [7, 11) is -3.88. The minimum Gasteiger partial charge on any atom is -0.279 e. The van der Waals surface area contributed by atoms with Gasteiger partial charge in [0.05, 0.1) is 16.0 Å². The van der Waals surface area contributed by atoms with Crippen LogP contribution in [0.4, 0.5) is 0 Å². The van der Waals surface area contributed by atoms with E-state index in [4.69, 9.17) is 0 Å². The number of rotatable bonds is 3. The molecule has 0 saturated heterocycles. The number of aromatic nitrogens is 1. The van der Waals surface area contributed by atoms with Crippen LogP contribution in [0, 0.1) is 25.7 Å². The average Bonchev–Trinajstić information content (AvgIpc) is 3.05. The third-order valence-corrected chi connectivity index (χ3v) is 6.76. The summed E-state index contributed by atoms with van der Waals surface area (Å²) in [5.74, 6) is 5.11. The molecule has 0 amide bonds. The van der Waals surface area contributed by atoms with Gasteiger partial charge in [-0.1, -0.05) is 60.0 Å². The molecular formula is C25H19NO3S. The van der Waals surface area contributed by atoms with Crippen LogP contribution < -0.4 is 0 Å². The van der Waals surface area contributed by atoms with E-state index >= 15 is 0 Å². The first-order valence-electron chi connectivity index (χ1n) is 9.43. The number of nitrogens with zero attached hydrogens (tertiary/aromatic N) is 1. The van der Waals surface area contributed by atoms with Crippen LogP contribution in [-0.2, 0) is 10.0 Å². The molecule has 4 aromatic rings. The highest BCUT2D eigenvalue weighted by Crippen LogP contribution is 2.30. The van der Waals surface area contributed by atoms with Gasteiger partial charge < -0.3 is 0 Å². The number of aryl methyl sites for hydroxylation is 1. The van der Waals surface area contributed by atoms with Gasteiger partial charge in [-0.2, -0.15) is 0 Å². The Morgan fingerprint density at radius 3 is 2.17 bits per heavy atom. The van der Waals surface area contributed by atoms with Crippen molar-refractivity contribution in [2.24, 2.45) is 0 Å². The van der Waals surface area contributed by atoms with Crippen molar-refractivity contribution < 1.29 is 13.2 Å². The smallest absolute Gasteiger partial charge is 0.268 e. The van der Waals surface area contributed by atoms with E-state index in [0.717, 1.165) is 11.1 Å². The van der Waals surface area contributed by atoms with Crippen molar-refractivity contribution in [2.75, 3.05) is 0 Å². The molecule has 0 unspecified atom stereocenters. The van der Waals surface area contributed by atoms with Crippen LogP contribution in [0.25, 0.3) is 10.9 Å². The summed E-state index contributed by atoms with van der Waals surface area (Å²) >= 11 is 0. The number of carbonyl (C=O) groups is 1. The van der Waals surface area contributed by atoms with Crippen LogP contribution >= 0.6 is 0 Å². The Bertz CT molecular complexity index is 1420. The Labute approximate surface area is 175 Å². The maximum atomic E-state index is 13.4. The number of hydrogen-bond donors (Lipinski definition) is 0. The van der Waals surface area contributed by atoms with Crippen LogP contribution in [0.2, 0.25) is 0 Å². The molecule has 0 spiro atoms. The van der Waals surface area contributed by atoms with Crippen LogP contribution in [0.1, 0.15) is 27.2 Å². The molecule has 0 aliphatic heterocycles. The van der Waals surface area contributed by atoms with E-state index in [1.807, 2.05) is 37.3 Å². The van der Waals surface area contributed by atoms with Crippen molar-refractivity contribution >= 4 is 26.7 Å². The molecule has 4 rings (SSSR count). The predicted molar refractivity (Wildman–Crippen MR) is 118 cm³/mol. The fraction of sp³-hybridized carbons (Fsp3) is 0.0800. The first-order chi connectivity index (χ1) is 14.4. The van der Waals surface area contributed by atoms with E-state index in [-0.39, 0.29) is 4.90 Å². The molecule has 0 fully saturated rings. The summed E-state index contributed by atoms with van der Waals surface area (Å²) in [4.78, 5) is 13.2. The Balaban J connectivity index is 1.90. The van der Waals surface area contributed by atoms with E-state index in [0.29, 0.717) is 22.2 Å². The van der Waals surface area contributed by atoms with Gasteiger partial charge >= 0.3 is 0 Å². The largest absolute Gasteiger partial charge is 0.279 e. The standard InChI is InChI=1S/C25H19NO3S/c1-18-12-15-21(16-13-18)30(28,29)26-19(2)25(22-10-6-7-11-23(22)26)24(27)17-14-20-8-4-3-5-9-20/h3-13,15-16H,1-2H3. The SMILES string of the molecule is Cc1ccc(S(=O)(=O)n2c(C)c(C(=O)C#Cc3ccccc3)c3ccccc32)cc1. The molecule has 0 saturated carbocycles. The summed E-state index contributed by atoms with van der Waals surface area (Å²) in [5.41, 5.74) is 2.81. The molecule has 3 aromatic carbocycles. The van der Waals surface area contributed by atoms with Crippen molar-refractivity contribution in [3.05, 3.63) is 101 Å². The summed E-state index contributed by atoms with van der Waals surface area (Å²) in [6, 6.07) is 22.9. The number of ketones is 1. The monoisotopic (exact) mass is 413 g/mol. The molecule has 30 heavy (non-hydrogen) atoms. The van der Waals surface area contributed by atoms with Crippen LogP contribution in [0.3, 0.4) is 0 Å². The molecule has 5 heteroatoms. The van der Waals surface area contributed by atoms with Crippen LogP contribution in [0.15, 0.2) is 83.8 Å². The zero-order valence-corrected chi connectivity index (χ0v) is 17.4. The zero-order chi connectivity index (χ0) is 21.3. The van der Waals surface area contributed by atoms with E-state index < -0.39 is 15.8 Å². The predicted octanol–water partition coefficient (Wildman–Crippen LogP) is 4.73. The van der Waals surface area contributed by atoms with Crippen molar-refractivity contribution in [1.82, 2.24) is 3.97 Å². The first kappa shape index (κ1) is 19.7. The average molecular weight is 413 g/mol. The second-order valence-corrected chi connectivity index (χ2v) is 8.79. The first-order valence-corrected chi connectivity index (χ1v) is 10.9. The second kappa shape index (κ2) is 7.66. The van der Waals surface area contributed by atoms with Crippen LogP contribution in [-0.4, -0.2) is 18.2 Å². The lowest BCUT2D eigenvalue weighted by Crippen LogP contribution is -2.15. The fourth-order valence-electron chi connectivity index (χ4n) is 3.46. The third-order valence-electron chi connectivity index (χ3n) is 4.94. The number of fused-ring (bicyclic) bond motifs is 1. The highest BCUT2D eigenvalue weighted by atomic mass is 32.2. The Hall–Kier alpha value is -3.62. The number of hydrogen-bond acceptors (Lipinski definition) is 3. The Morgan fingerprint density at radius 1 is 0.833 bits per heavy atom. The topological polar surface area (TPSA) is 56.1 Å². The maximum absolute atomic E-state index is 13.4. The van der Waals surface area contributed by atoms with E-state index in [1.165, 1.54) is 3.97 Å². The maximum Gasteiger partial charge on any atom is 0.268 e. The van der Waals surface area contributed by atoms with Gasteiger partial charge in [0.1, 0.15) is 0 Å². The van der Waals surface area contributed by atoms with Crippen molar-refractivity contribution in [3.8, 4) is 11.8 Å². The summed E-state index contributed by atoms with van der Waals surface area (Å²) in [5, 5.41) is 0.568. The van der Waals surface area contributed by atoms with Crippen molar-refractivity contribution in [1.29, 1.82) is 0 Å². The normalized spacial score (nSPS) is 11.1.